The average Bonchev–Trinajstić information content (AvgIpc) is 2.39. The van der Waals surface area contributed by atoms with Gasteiger partial charge in [-0.15, -0.1) is 0 Å². The molecule has 1 heterocycles. The summed E-state index contributed by atoms with van der Waals surface area (Å²) in [6.07, 6.45) is 6.82. The van der Waals surface area contributed by atoms with Gasteiger partial charge in [0, 0.05) is 18.6 Å². The summed E-state index contributed by atoms with van der Waals surface area (Å²) in [5.41, 5.74) is 0. The van der Waals surface area contributed by atoms with Gasteiger partial charge in [0.15, 0.2) is 0 Å². The molecule has 17 heavy (non-hydrogen) atoms. The van der Waals surface area contributed by atoms with Crippen LogP contribution in [0.15, 0.2) is 0 Å². The Balaban J connectivity index is 1.94. The van der Waals surface area contributed by atoms with Gasteiger partial charge >= 0.3 is 0 Å². The summed E-state index contributed by atoms with van der Waals surface area (Å²) in [5, 5.41) is 9.24. The van der Waals surface area contributed by atoms with E-state index in [0.717, 1.165) is 25.1 Å². The van der Waals surface area contributed by atoms with Crippen LogP contribution in [0.1, 0.15) is 46.0 Å². The molecule has 1 aliphatic heterocycles. The van der Waals surface area contributed by atoms with Crippen molar-refractivity contribution < 1.29 is 9.84 Å². The van der Waals surface area contributed by atoms with E-state index >= 15 is 0 Å². The zero-order valence-electron chi connectivity index (χ0n) is 11.3. The largest absolute Gasteiger partial charge is 0.394 e. The highest BCUT2D eigenvalue weighted by Crippen LogP contribution is 2.31. The number of ether oxygens (including phenoxy) is 1. The smallest absolute Gasteiger partial charge is 0.0933 e. The van der Waals surface area contributed by atoms with Crippen LogP contribution in [-0.2, 0) is 4.74 Å². The van der Waals surface area contributed by atoms with Gasteiger partial charge in [-0.2, -0.15) is 0 Å². The van der Waals surface area contributed by atoms with Crippen molar-refractivity contribution in [3.63, 3.8) is 0 Å². The lowest BCUT2D eigenvalue weighted by Crippen LogP contribution is -2.54. The third-order valence-corrected chi connectivity index (χ3v) is 4.56. The lowest BCUT2D eigenvalue weighted by atomic mass is 9.83. The van der Waals surface area contributed by atoms with Gasteiger partial charge in [0.1, 0.15) is 0 Å². The van der Waals surface area contributed by atoms with Gasteiger partial charge in [0.25, 0.3) is 0 Å². The maximum atomic E-state index is 9.24. The topological polar surface area (TPSA) is 32.7 Å². The van der Waals surface area contributed by atoms with Crippen LogP contribution in [0.5, 0.6) is 0 Å². The minimum Gasteiger partial charge on any atom is -0.394 e. The molecule has 4 unspecified atom stereocenters. The Labute approximate surface area is 105 Å². The number of nitrogens with zero attached hydrogens (tertiary/aromatic N) is 1. The zero-order chi connectivity index (χ0) is 12.3. The highest BCUT2D eigenvalue weighted by Gasteiger charge is 2.33. The number of hydrogen-bond acceptors (Lipinski definition) is 3. The first kappa shape index (κ1) is 13.3. The van der Waals surface area contributed by atoms with Crippen LogP contribution in [0.2, 0.25) is 0 Å². The molecule has 0 radical (unpaired) electrons. The molecule has 3 heteroatoms. The second kappa shape index (κ2) is 6.17. The van der Waals surface area contributed by atoms with E-state index in [-0.39, 0.29) is 12.7 Å². The SMILES string of the molecule is CCC1CCCC(N2CC(CO)OCC2C)C1. The number of morpholine rings is 1. The van der Waals surface area contributed by atoms with E-state index in [1.165, 1.54) is 32.1 Å². The Bertz CT molecular complexity index is 234. The van der Waals surface area contributed by atoms with Gasteiger partial charge in [-0.05, 0) is 25.7 Å². The molecule has 0 spiro atoms. The summed E-state index contributed by atoms with van der Waals surface area (Å²) in [6.45, 7) is 6.42. The molecule has 0 aromatic heterocycles. The minimum absolute atomic E-state index is 0.0354. The first-order chi connectivity index (χ1) is 8.24. The summed E-state index contributed by atoms with van der Waals surface area (Å²) in [5.74, 6) is 0.913. The van der Waals surface area contributed by atoms with E-state index in [1.54, 1.807) is 0 Å². The predicted molar refractivity (Wildman–Crippen MR) is 69.0 cm³/mol. The molecule has 0 amide bonds. The van der Waals surface area contributed by atoms with E-state index < -0.39 is 0 Å². The van der Waals surface area contributed by atoms with Crippen molar-refractivity contribution in [1.29, 1.82) is 0 Å². The van der Waals surface area contributed by atoms with Crippen molar-refractivity contribution in [2.75, 3.05) is 19.8 Å². The number of aliphatic hydroxyl groups excluding tert-OH is 1. The number of rotatable bonds is 3. The Kier molecular flexibility index (Phi) is 4.83. The van der Waals surface area contributed by atoms with Gasteiger partial charge in [-0.3, -0.25) is 4.90 Å². The van der Waals surface area contributed by atoms with E-state index in [1.807, 2.05) is 0 Å². The Hall–Kier alpha value is -0.120. The first-order valence-electron chi connectivity index (χ1n) is 7.22. The molecule has 1 saturated heterocycles. The van der Waals surface area contributed by atoms with Crippen molar-refractivity contribution in [2.24, 2.45) is 5.92 Å². The molecule has 1 aliphatic carbocycles. The minimum atomic E-state index is 0.0354. The van der Waals surface area contributed by atoms with Crippen molar-refractivity contribution >= 4 is 0 Å². The fourth-order valence-corrected chi connectivity index (χ4v) is 3.39. The highest BCUT2D eigenvalue weighted by molar-refractivity contribution is 4.86. The summed E-state index contributed by atoms with van der Waals surface area (Å²) >= 11 is 0. The van der Waals surface area contributed by atoms with Gasteiger partial charge in [0.05, 0.1) is 19.3 Å². The molecule has 4 atom stereocenters. The summed E-state index contributed by atoms with van der Waals surface area (Å²) in [7, 11) is 0. The molecule has 100 valence electrons. The maximum absolute atomic E-state index is 9.24. The molecule has 2 rings (SSSR count). The Morgan fingerprint density at radius 3 is 2.88 bits per heavy atom. The molecule has 0 aromatic carbocycles. The van der Waals surface area contributed by atoms with Crippen molar-refractivity contribution in [3.8, 4) is 0 Å². The molecule has 2 aliphatic rings. The third kappa shape index (κ3) is 3.21. The Morgan fingerprint density at radius 2 is 2.18 bits per heavy atom. The maximum Gasteiger partial charge on any atom is 0.0933 e. The number of hydrogen-bond donors (Lipinski definition) is 1. The van der Waals surface area contributed by atoms with Gasteiger partial charge in [-0.1, -0.05) is 26.2 Å². The summed E-state index contributed by atoms with van der Waals surface area (Å²) in [4.78, 5) is 2.59. The zero-order valence-corrected chi connectivity index (χ0v) is 11.3. The van der Waals surface area contributed by atoms with E-state index in [4.69, 9.17) is 4.74 Å². The van der Waals surface area contributed by atoms with Crippen LogP contribution in [0, 0.1) is 5.92 Å². The molecule has 0 aromatic rings. The molecular formula is C14H27NO2. The lowest BCUT2D eigenvalue weighted by Gasteiger charge is -2.45. The van der Waals surface area contributed by atoms with Crippen molar-refractivity contribution in [3.05, 3.63) is 0 Å². The standard InChI is InChI=1S/C14H27NO2/c1-3-12-5-4-6-13(7-12)15-8-14(9-16)17-10-11(15)2/h11-14,16H,3-10H2,1-2H3. The second-order valence-corrected chi connectivity index (χ2v) is 5.78. The summed E-state index contributed by atoms with van der Waals surface area (Å²) in [6, 6.07) is 1.24. The van der Waals surface area contributed by atoms with Crippen LogP contribution in [0.4, 0.5) is 0 Å². The van der Waals surface area contributed by atoms with Crippen LogP contribution < -0.4 is 0 Å². The Morgan fingerprint density at radius 1 is 1.35 bits per heavy atom. The van der Waals surface area contributed by atoms with Crippen LogP contribution in [-0.4, -0.2) is 48.0 Å². The monoisotopic (exact) mass is 241 g/mol. The van der Waals surface area contributed by atoms with E-state index in [0.29, 0.717) is 6.04 Å². The first-order valence-corrected chi connectivity index (χ1v) is 7.22. The van der Waals surface area contributed by atoms with Crippen LogP contribution >= 0.6 is 0 Å². The van der Waals surface area contributed by atoms with Gasteiger partial charge < -0.3 is 9.84 Å². The quantitative estimate of drug-likeness (QED) is 0.820. The highest BCUT2D eigenvalue weighted by atomic mass is 16.5. The normalized spacial score (nSPS) is 40.4. The fraction of sp³-hybridized carbons (Fsp3) is 1.00. The van der Waals surface area contributed by atoms with Crippen LogP contribution in [0.25, 0.3) is 0 Å². The third-order valence-electron chi connectivity index (χ3n) is 4.56. The van der Waals surface area contributed by atoms with E-state index in [9.17, 15) is 5.11 Å². The predicted octanol–water partition coefficient (Wildman–Crippen LogP) is 2.04. The number of aliphatic hydroxyl groups is 1. The molecule has 1 saturated carbocycles. The van der Waals surface area contributed by atoms with Crippen molar-refractivity contribution in [2.45, 2.75) is 64.1 Å². The van der Waals surface area contributed by atoms with Gasteiger partial charge in [-0.25, -0.2) is 0 Å². The fourth-order valence-electron chi connectivity index (χ4n) is 3.39. The molecule has 0 bridgehead atoms. The second-order valence-electron chi connectivity index (χ2n) is 5.78. The summed E-state index contributed by atoms with van der Waals surface area (Å²) < 4.78 is 5.62. The van der Waals surface area contributed by atoms with Crippen LogP contribution in [0.3, 0.4) is 0 Å². The molecule has 2 fully saturated rings. The molecular weight excluding hydrogens is 214 g/mol. The van der Waals surface area contributed by atoms with Gasteiger partial charge in [0.2, 0.25) is 0 Å². The molecule has 1 N–H and O–H groups in total. The lowest BCUT2D eigenvalue weighted by molar-refractivity contribution is -0.0972. The van der Waals surface area contributed by atoms with E-state index in [2.05, 4.69) is 18.7 Å². The molecule has 3 nitrogen and oxygen atoms in total. The van der Waals surface area contributed by atoms with Crippen molar-refractivity contribution in [1.82, 2.24) is 4.90 Å². The average molecular weight is 241 g/mol.